The Bertz CT molecular complexity index is 629. The molecule has 0 bridgehead atoms. The van der Waals surface area contributed by atoms with Crippen LogP contribution in [0.5, 0.6) is 0 Å². The van der Waals surface area contributed by atoms with Crippen molar-refractivity contribution in [2.24, 2.45) is 0 Å². The Kier molecular flexibility index (Phi) is 3.33. The lowest BCUT2D eigenvalue weighted by Crippen LogP contribution is -2.26. The second kappa shape index (κ2) is 5.29. The van der Waals surface area contributed by atoms with Gasteiger partial charge in [0.1, 0.15) is 0 Å². The van der Waals surface area contributed by atoms with Crippen LogP contribution in [0.25, 0.3) is 11.1 Å². The van der Waals surface area contributed by atoms with E-state index in [0.29, 0.717) is 12.8 Å². The minimum atomic E-state index is -0.436. The Morgan fingerprint density at radius 3 is 2.15 bits per heavy atom. The molecule has 0 amide bonds. The number of cyclic esters (lactones) is 2. The van der Waals surface area contributed by atoms with Crippen LogP contribution in [0.2, 0.25) is 0 Å². The largest absolute Gasteiger partial charge is 0.393 e. The monoisotopic (exact) mass is 266 g/mol. The first-order chi connectivity index (χ1) is 9.74. The van der Waals surface area contributed by atoms with E-state index in [-0.39, 0.29) is 5.92 Å². The molecule has 1 atom stereocenters. The molecule has 100 valence electrons. The normalized spacial score (nSPS) is 18.7. The highest BCUT2D eigenvalue weighted by atomic mass is 16.6. The number of hydrogen-bond donors (Lipinski definition) is 0. The number of esters is 2. The summed E-state index contributed by atoms with van der Waals surface area (Å²) < 4.78 is 4.69. The van der Waals surface area contributed by atoms with Gasteiger partial charge >= 0.3 is 11.9 Å². The molecule has 0 unspecified atom stereocenters. The first-order valence-corrected chi connectivity index (χ1v) is 6.64. The minimum absolute atomic E-state index is 0.302. The molecule has 3 nitrogen and oxygen atoms in total. The van der Waals surface area contributed by atoms with Crippen molar-refractivity contribution < 1.29 is 14.3 Å². The van der Waals surface area contributed by atoms with Crippen molar-refractivity contribution in [3.8, 4) is 11.1 Å². The SMILES string of the molecule is O=C1CC[C@H](c2ccc(-c3ccccc3)cc2)C(=O)O1. The van der Waals surface area contributed by atoms with E-state index in [2.05, 4.69) is 0 Å². The molecule has 1 aliphatic rings. The van der Waals surface area contributed by atoms with Gasteiger partial charge in [0, 0.05) is 6.42 Å². The standard InChI is InChI=1S/C17H14O3/c18-16-11-10-15(17(19)20-16)14-8-6-13(7-9-14)12-4-2-1-3-5-12/h1-9,15H,10-11H2/t15-/m1/s1. The molecule has 3 heteroatoms. The van der Waals surface area contributed by atoms with Gasteiger partial charge in [-0.1, -0.05) is 54.6 Å². The Morgan fingerprint density at radius 1 is 0.850 bits per heavy atom. The van der Waals surface area contributed by atoms with Crippen LogP contribution < -0.4 is 0 Å². The van der Waals surface area contributed by atoms with Crippen LogP contribution in [-0.2, 0) is 14.3 Å². The van der Waals surface area contributed by atoms with E-state index in [1.165, 1.54) is 0 Å². The molecule has 1 heterocycles. The van der Waals surface area contributed by atoms with Gasteiger partial charge in [0.2, 0.25) is 0 Å². The van der Waals surface area contributed by atoms with Crippen LogP contribution in [-0.4, -0.2) is 11.9 Å². The van der Waals surface area contributed by atoms with Gasteiger partial charge in [-0.25, -0.2) is 0 Å². The van der Waals surface area contributed by atoms with E-state index in [9.17, 15) is 9.59 Å². The number of carbonyl (C=O) groups excluding carboxylic acids is 2. The number of ether oxygens (including phenoxy) is 1. The maximum absolute atomic E-state index is 11.7. The average Bonchev–Trinajstić information content (AvgIpc) is 2.48. The maximum Gasteiger partial charge on any atom is 0.321 e. The lowest BCUT2D eigenvalue weighted by Gasteiger charge is -2.19. The number of hydrogen-bond acceptors (Lipinski definition) is 3. The third kappa shape index (κ3) is 2.48. The zero-order valence-electron chi connectivity index (χ0n) is 10.9. The smallest absolute Gasteiger partial charge is 0.321 e. The van der Waals surface area contributed by atoms with Crippen LogP contribution in [0.4, 0.5) is 0 Å². The van der Waals surface area contributed by atoms with Crippen LogP contribution in [0, 0.1) is 0 Å². The van der Waals surface area contributed by atoms with E-state index in [4.69, 9.17) is 4.74 Å². The third-order valence-electron chi connectivity index (χ3n) is 3.56. The zero-order valence-corrected chi connectivity index (χ0v) is 10.9. The highest BCUT2D eigenvalue weighted by Gasteiger charge is 2.30. The van der Waals surface area contributed by atoms with Gasteiger partial charge in [0.05, 0.1) is 5.92 Å². The summed E-state index contributed by atoms with van der Waals surface area (Å²) in [6, 6.07) is 17.9. The van der Waals surface area contributed by atoms with Gasteiger partial charge in [0.25, 0.3) is 0 Å². The van der Waals surface area contributed by atoms with E-state index in [1.807, 2.05) is 54.6 Å². The van der Waals surface area contributed by atoms with Gasteiger partial charge in [-0.3, -0.25) is 9.59 Å². The summed E-state index contributed by atoms with van der Waals surface area (Å²) in [6.45, 7) is 0. The molecular weight excluding hydrogens is 252 g/mol. The fourth-order valence-corrected chi connectivity index (χ4v) is 2.46. The van der Waals surface area contributed by atoms with Crippen LogP contribution in [0.1, 0.15) is 24.3 Å². The topological polar surface area (TPSA) is 43.4 Å². The molecule has 0 N–H and O–H groups in total. The summed E-state index contributed by atoms with van der Waals surface area (Å²) in [5, 5.41) is 0. The molecule has 0 spiro atoms. The number of benzene rings is 2. The van der Waals surface area contributed by atoms with Crippen LogP contribution in [0.3, 0.4) is 0 Å². The highest BCUT2D eigenvalue weighted by Crippen LogP contribution is 2.29. The molecule has 20 heavy (non-hydrogen) atoms. The van der Waals surface area contributed by atoms with Crippen molar-refractivity contribution in [2.45, 2.75) is 18.8 Å². The van der Waals surface area contributed by atoms with Crippen molar-refractivity contribution >= 4 is 11.9 Å². The molecule has 3 rings (SSSR count). The van der Waals surface area contributed by atoms with Gasteiger partial charge < -0.3 is 4.74 Å². The summed E-state index contributed by atoms with van der Waals surface area (Å²) in [5.41, 5.74) is 3.15. The summed E-state index contributed by atoms with van der Waals surface area (Å²) >= 11 is 0. The first-order valence-electron chi connectivity index (χ1n) is 6.64. The van der Waals surface area contributed by atoms with E-state index >= 15 is 0 Å². The summed E-state index contributed by atoms with van der Waals surface area (Å²) in [7, 11) is 0. The summed E-state index contributed by atoms with van der Waals surface area (Å²) in [6.07, 6.45) is 0.833. The molecule has 0 aromatic heterocycles. The van der Waals surface area contributed by atoms with Crippen molar-refractivity contribution in [3.63, 3.8) is 0 Å². The van der Waals surface area contributed by atoms with Crippen molar-refractivity contribution in [1.29, 1.82) is 0 Å². The van der Waals surface area contributed by atoms with Gasteiger partial charge in [-0.2, -0.15) is 0 Å². The molecular formula is C17H14O3. The highest BCUT2D eigenvalue weighted by molar-refractivity contribution is 5.92. The molecule has 1 fully saturated rings. The number of rotatable bonds is 2. The average molecular weight is 266 g/mol. The molecule has 0 saturated carbocycles. The molecule has 1 saturated heterocycles. The lowest BCUT2D eigenvalue weighted by molar-refractivity contribution is -0.164. The van der Waals surface area contributed by atoms with Gasteiger partial charge in [-0.05, 0) is 23.1 Å². The third-order valence-corrected chi connectivity index (χ3v) is 3.56. The van der Waals surface area contributed by atoms with E-state index in [0.717, 1.165) is 16.7 Å². The number of carbonyl (C=O) groups is 2. The fourth-order valence-electron chi connectivity index (χ4n) is 2.46. The van der Waals surface area contributed by atoms with Gasteiger partial charge in [0.15, 0.2) is 0 Å². The maximum atomic E-state index is 11.7. The Labute approximate surface area is 117 Å². The van der Waals surface area contributed by atoms with E-state index in [1.54, 1.807) is 0 Å². The molecule has 0 radical (unpaired) electrons. The van der Waals surface area contributed by atoms with Crippen molar-refractivity contribution in [3.05, 3.63) is 60.2 Å². The molecule has 2 aromatic carbocycles. The quantitative estimate of drug-likeness (QED) is 0.618. The Morgan fingerprint density at radius 2 is 1.50 bits per heavy atom. The summed E-state index contributed by atoms with van der Waals surface area (Å²) in [4.78, 5) is 22.8. The van der Waals surface area contributed by atoms with Crippen molar-refractivity contribution in [1.82, 2.24) is 0 Å². The van der Waals surface area contributed by atoms with Crippen LogP contribution in [0.15, 0.2) is 54.6 Å². The lowest BCUT2D eigenvalue weighted by atomic mass is 9.91. The second-order valence-electron chi connectivity index (χ2n) is 4.87. The molecule has 0 aliphatic carbocycles. The zero-order chi connectivity index (χ0) is 13.9. The first kappa shape index (κ1) is 12.6. The summed E-state index contributed by atoms with van der Waals surface area (Å²) in [5.74, 6) is -1.18. The van der Waals surface area contributed by atoms with Crippen molar-refractivity contribution in [2.75, 3.05) is 0 Å². The Balaban J connectivity index is 1.83. The second-order valence-corrected chi connectivity index (χ2v) is 4.87. The molecule has 2 aromatic rings. The fraction of sp³-hybridized carbons (Fsp3) is 0.176. The Hall–Kier alpha value is -2.42. The van der Waals surface area contributed by atoms with Gasteiger partial charge in [-0.15, -0.1) is 0 Å². The predicted octanol–water partition coefficient (Wildman–Crippen LogP) is 3.30. The minimum Gasteiger partial charge on any atom is -0.393 e. The predicted molar refractivity (Wildman–Crippen MR) is 75.0 cm³/mol. The van der Waals surface area contributed by atoms with E-state index < -0.39 is 11.9 Å². The molecule has 1 aliphatic heterocycles. The van der Waals surface area contributed by atoms with Crippen LogP contribution >= 0.6 is 0 Å².